The third-order valence-corrected chi connectivity index (χ3v) is 9.03. The maximum Gasteiger partial charge on any atom is 0.0911 e. The second kappa shape index (κ2) is 5.83. The minimum atomic E-state index is -0.546. The molecule has 4 saturated carbocycles. The molecule has 4 rings (SSSR count). The van der Waals surface area contributed by atoms with Crippen LogP contribution >= 0.6 is 0 Å². The lowest BCUT2D eigenvalue weighted by Gasteiger charge is -2.62. The van der Waals surface area contributed by atoms with Crippen LogP contribution in [0.2, 0.25) is 0 Å². The summed E-state index contributed by atoms with van der Waals surface area (Å²) in [6, 6.07) is 2.28. The van der Waals surface area contributed by atoms with Gasteiger partial charge in [0.15, 0.2) is 0 Å². The minimum absolute atomic E-state index is 0.0359. The molecule has 2 N–H and O–H groups in total. The van der Waals surface area contributed by atoms with Crippen molar-refractivity contribution in [3.8, 4) is 6.07 Å². The van der Waals surface area contributed by atoms with Gasteiger partial charge in [0.05, 0.1) is 11.7 Å². The standard InChI is InChI=1S/C22H33NO2/c1-20(25)10-11-22(14-24)16(13-20)3-5-17-18-6-4-15(8-12-23)21(18,2)9-7-19(17)22/h8,16-19,24-25H,3-7,9-11,13-14H2,1-2H3/b15-8-/t16-,17+,18+,19+,20-,21-,22-/m1/s1. The molecular weight excluding hydrogens is 310 g/mol. The molecule has 4 aliphatic rings. The number of allylic oxidation sites excluding steroid dienone is 2. The van der Waals surface area contributed by atoms with Gasteiger partial charge in [-0.25, -0.2) is 0 Å². The number of nitriles is 1. The average molecular weight is 344 g/mol. The molecule has 0 radical (unpaired) electrons. The normalized spacial score (nSPS) is 53.6. The van der Waals surface area contributed by atoms with Crippen molar-refractivity contribution < 1.29 is 10.2 Å². The maximum atomic E-state index is 10.6. The van der Waals surface area contributed by atoms with Crippen molar-refractivity contribution in [2.75, 3.05) is 6.61 Å². The van der Waals surface area contributed by atoms with Gasteiger partial charge in [-0.1, -0.05) is 12.5 Å². The van der Waals surface area contributed by atoms with Crippen LogP contribution in [0.25, 0.3) is 0 Å². The summed E-state index contributed by atoms with van der Waals surface area (Å²) in [6.45, 7) is 4.67. The predicted molar refractivity (Wildman–Crippen MR) is 97.5 cm³/mol. The van der Waals surface area contributed by atoms with E-state index in [1.54, 1.807) is 0 Å². The fraction of sp³-hybridized carbons (Fsp3) is 0.864. The Balaban J connectivity index is 1.65. The lowest BCUT2D eigenvalue weighted by Crippen LogP contribution is -2.57. The average Bonchev–Trinajstić information content (AvgIpc) is 2.91. The Morgan fingerprint density at radius 1 is 1.12 bits per heavy atom. The van der Waals surface area contributed by atoms with E-state index in [-0.39, 0.29) is 10.8 Å². The fourth-order valence-electron chi connectivity index (χ4n) is 7.71. The second-order valence-corrected chi connectivity index (χ2v) is 10.0. The zero-order chi connectivity index (χ0) is 17.9. The van der Waals surface area contributed by atoms with E-state index >= 15 is 0 Å². The molecule has 0 aromatic heterocycles. The van der Waals surface area contributed by atoms with Crippen molar-refractivity contribution in [3.05, 3.63) is 11.6 Å². The lowest BCUT2D eigenvalue weighted by molar-refractivity contribution is -0.164. The number of nitrogens with zero attached hydrogens (tertiary/aromatic N) is 1. The van der Waals surface area contributed by atoms with Crippen LogP contribution in [-0.4, -0.2) is 22.4 Å². The van der Waals surface area contributed by atoms with Gasteiger partial charge < -0.3 is 10.2 Å². The van der Waals surface area contributed by atoms with Crippen LogP contribution in [0, 0.1) is 45.8 Å². The zero-order valence-electron chi connectivity index (χ0n) is 15.8. The van der Waals surface area contributed by atoms with Gasteiger partial charge in [-0.15, -0.1) is 0 Å². The van der Waals surface area contributed by atoms with Gasteiger partial charge in [-0.05, 0) is 99.2 Å². The molecule has 25 heavy (non-hydrogen) atoms. The van der Waals surface area contributed by atoms with E-state index in [0.717, 1.165) is 38.5 Å². The molecule has 3 nitrogen and oxygen atoms in total. The number of hydrogen-bond acceptors (Lipinski definition) is 3. The highest BCUT2D eigenvalue weighted by Crippen LogP contribution is 2.67. The van der Waals surface area contributed by atoms with Crippen LogP contribution in [0.1, 0.15) is 71.6 Å². The summed E-state index contributed by atoms with van der Waals surface area (Å²) in [5.41, 5.74) is 1.08. The van der Waals surface area contributed by atoms with Crippen molar-refractivity contribution in [1.29, 1.82) is 5.26 Å². The Morgan fingerprint density at radius 2 is 1.92 bits per heavy atom. The van der Waals surface area contributed by atoms with Crippen molar-refractivity contribution in [3.63, 3.8) is 0 Å². The number of hydrogen-bond donors (Lipinski definition) is 2. The Hall–Kier alpha value is -0.850. The first-order valence-electron chi connectivity index (χ1n) is 10.3. The van der Waals surface area contributed by atoms with Crippen LogP contribution in [0.4, 0.5) is 0 Å². The molecular formula is C22H33NO2. The minimum Gasteiger partial charge on any atom is -0.396 e. The molecule has 0 heterocycles. The molecule has 0 bridgehead atoms. The van der Waals surface area contributed by atoms with Crippen LogP contribution in [0.3, 0.4) is 0 Å². The highest BCUT2D eigenvalue weighted by molar-refractivity contribution is 5.28. The first-order valence-corrected chi connectivity index (χ1v) is 10.3. The molecule has 4 aliphatic carbocycles. The van der Waals surface area contributed by atoms with Crippen molar-refractivity contribution in [2.24, 2.45) is 34.5 Å². The van der Waals surface area contributed by atoms with Crippen LogP contribution in [-0.2, 0) is 0 Å². The number of rotatable bonds is 1. The van der Waals surface area contributed by atoms with Gasteiger partial charge >= 0.3 is 0 Å². The Bertz CT molecular complexity index is 618. The molecule has 7 atom stereocenters. The third kappa shape index (κ3) is 2.44. The topological polar surface area (TPSA) is 64.2 Å². The molecule has 4 fully saturated rings. The number of fused-ring (bicyclic) bond motifs is 5. The van der Waals surface area contributed by atoms with Crippen LogP contribution in [0.5, 0.6) is 0 Å². The van der Waals surface area contributed by atoms with Gasteiger partial charge in [0.25, 0.3) is 0 Å². The van der Waals surface area contributed by atoms with Crippen molar-refractivity contribution >= 4 is 0 Å². The van der Waals surface area contributed by atoms with E-state index in [2.05, 4.69) is 13.0 Å². The summed E-state index contributed by atoms with van der Waals surface area (Å²) < 4.78 is 0. The molecule has 0 saturated heterocycles. The monoisotopic (exact) mass is 343 g/mol. The summed E-state index contributed by atoms with van der Waals surface area (Å²) >= 11 is 0. The van der Waals surface area contributed by atoms with E-state index < -0.39 is 5.60 Å². The number of aliphatic hydroxyl groups excluding tert-OH is 1. The van der Waals surface area contributed by atoms with Crippen molar-refractivity contribution in [1.82, 2.24) is 0 Å². The first kappa shape index (κ1) is 17.6. The Kier molecular flexibility index (Phi) is 4.09. The van der Waals surface area contributed by atoms with Crippen LogP contribution < -0.4 is 0 Å². The summed E-state index contributed by atoms with van der Waals surface area (Å²) in [5.74, 6) is 2.45. The van der Waals surface area contributed by atoms with Gasteiger partial charge in [-0.3, -0.25) is 0 Å². The van der Waals surface area contributed by atoms with E-state index in [1.165, 1.54) is 24.8 Å². The molecule has 0 aliphatic heterocycles. The molecule has 0 spiro atoms. The van der Waals surface area contributed by atoms with Crippen molar-refractivity contribution in [2.45, 2.75) is 77.2 Å². The number of aliphatic hydroxyl groups is 2. The van der Waals surface area contributed by atoms with E-state index in [0.29, 0.717) is 30.3 Å². The smallest absolute Gasteiger partial charge is 0.0911 e. The van der Waals surface area contributed by atoms with E-state index in [4.69, 9.17) is 5.26 Å². The molecule has 138 valence electrons. The summed E-state index contributed by atoms with van der Waals surface area (Å²) in [5, 5.41) is 30.2. The summed E-state index contributed by atoms with van der Waals surface area (Å²) in [4.78, 5) is 0. The molecule has 0 aromatic rings. The van der Waals surface area contributed by atoms with Crippen LogP contribution in [0.15, 0.2) is 11.6 Å². The Morgan fingerprint density at radius 3 is 2.64 bits per heavy atom. The second-order valence-electron chi connectivity index (χ2n) is 10.0. The molecule has 0 amide bonds. The molecule has 0 aromatic carbocycles. The van der Waals surface area contributed by atoms with Gasteiger partial charge in [0, 0.05) is 12.7 Å². The van der Waals surface area contributed by atoms with E-state index in [9.17, 15) is 10.2 Å². The SMILES string of the molecule is C[C@@]1(O)CC[C@@]2(CO)[C@H](CC[C@@H]3[C@@H]2CC[C@]2(C)/C(=C\C#N)CC[C@@H]32)C1. The highest BCUT2D eigenvalue weighted by atomic mass is 16.3. The third-order valence-electron chi connectivity index (χ3n) is 9.03. The van der Waals surface area contributed by atoms with Gasteiger partial charge in [-0.2, -0.15) is 5.26 Å². The highest BCUT2D eigenvalue weighted by Gasteiger charge is 2.61. The largest absolute Gasteiger partial charge is 0.396 e. The van der Waals surface area contributed by atoms with Gasteiger partial charge in [0.2, 0.25) is 0 Å². The quantitative estimate of drug-likeness (QED) is 0.701. The van der Waals surface area contributed by atoms with Gasteiger partial charge in [0.1, 0.15) is 0 Å². The molecule has 0 unspecified atom stereocenters. The summed E-state index contributed by atoms with van der Waals surface area (Å²) in [6.07, 6.45) is 11.5. The van der Waals surface area contributed by atoms with E-state index in [1.807, 2.05) is 13.0 Å². The molecule has 3 heteroatoms. The first-order chi connectivity index (χ1) is 11.9. The summed E-state index contributed by atoms with van der Waals surface area (Å²) in [7, 11) is 0. The lowest BCUT2D eigenvalue weighted by atomic mass is 9.44. The zero-order valence-corrected chi connectivity index (χ0v) is 15.8. The fourth-order valence-corrected chi connectivity index (χ4v) is 7.71. The predicted octanol–water partition coefficient (Wildman–Crippen LogP) is 4.20. The Labute approximate surface area is 152 Å². The maximum absolute atomic E-state index is 10.6.